The van der Waals surface area contributed by atoms with Gasteiger partial charge in [-0.05, 0) is 44.4 Å². The van der Waals surface area contributed by atoms with Gasteiger partial charge in [-0.15, -0.1) is 0 Å². The lowest BCUT2D eigenvalue weighted by atomic mass is 10.0. The van der Waals surface area contributed by atoms with Gasteiger partial charge in [-0.25, -0.2) is 4.79 Å². The molecular weight excluding hydrogens is 434 g/mol. The first-order valence-electron chi connectivity index (χ1n) is 11.3. The van der Waals surface area contributed by atoms with Gasteiger partial charge in [0.15, 0.2) is 11.5 Å². The van der Waals surface area contributed by atoms with Crippen LogP contribution in [0.5, 0.6) is 11.5 Å². The summed E-state index contributed by atoms with van der Waals surface area (Å²) in [5.74, 6) is 0.625. The van der Waals surface area contributed by atoms with Crippen molar-refractivity contribution in [2.45, 2.75) is 45.7 Å². The zero-order chi connectivity index (χ0) is 24.0. The third-order valence-corrected chi connectivity index (χ3v) is 6.28. The Hall–Kier alpha value is -3.88. The van der Waals surface area contributed by atoms with Crippen LogP contribution in [0.3, 0.4) is 0 Å². The van der Waals surface area contributed by atoms with E-state index < -0.39 is 6.09 Å². The maximum absolute atomic E-state index is 13.4. The molecule has 1 aliphatic carbocycles. The molecule has 1 fully saturated rings. The number of methoxy groups -OCH3 is 1. The molecule has 9 heteroatoms. The predicted octanol–water partition coefficient (Wildman–Crippen LogP) is 4.36. The molecule has 1 atom stereocenters. The molecule has 34 heavy (non-hydrogen) atoms. The minimum Gasteiger partial charge on any atom is -0.491 e. The molecule has 5 rings (SSSR count). The molecule has 0 saturated heterocycles. The summed E-state index contributed by atoms with van der Waals surface area (Å²) in [5, 5.41) is 4.49. The minimum absolute atomic E-state index is 0.0810. The van der Waals surface area contributed by atoms with Crippen molar-refractivity contribution in [1.29, 1.82) is 0 Å². The van der Waals surface area contributed by atoms with Crippen LogP contribution in [0.25, 0.3) is 11.1 Å². The number of carbonyl (C=O) groups excluding carboxylic acids is 2. The van der Waals surface area contributed by atoms with Gasteiger partial charge in [-0.3, -0.25) is 19.4 Å². The van der Waals surface area contributed by atoms with Crippen LogP contribution in [-0.2, 0) is 4.79 Å². The number of anilines is 2. The molecule has 1 aliphatic heterocycles. The highest BCUT2D eigenvalue weighted by molar-refractivity contribution is 6.03. The molecule has 3 heterocycles. The molecule has 1 aromatic carbocycles. The maximum atomic E-state index is 13.4. The molecule has 2 amide bonds. The Bertz CT molecular complexity index is 1270. The van der Waals surface area contributed by atoms with Crippen molar-refractivity contribution in [3.05, 3.63) is 48.5 Å². The number of hydrogen-bond acceptors (Lipinski definition) is 6. The molecule has 9 nitrogen and oxygen atoms in total. The molecule has 2 aliphatic rings. The topological polar surface area (TPSA) is 89.8 Å². The van der Waals surface area contributed by atoms with Gasteiger partial charge in [0.2, 0.25) is 5.91 Å². The van der Waals surface area contributed by atoms with E-state index in [9.17, 15) is 9.59 Å². The minimum atomic E-state index is -0.550. The first-order chi connectivity index (χ1) is 16.4. The Morgan fingerprint density at radius 1 is 1.12 bits per heavy atom. The zero-order valence-corrected chi connectivity index (χ0v) is 19.7. The third-order valence-electron chi connectivity index (χ3n) is 6.28. The van der Waals surface area contributed by atoms with E-state index >= 15 is 0 Å². The largest absolute Gasteiger partial charge is 0.491 e. The van der Waals surface area contributed by atoms with Gasteiger partial charge in [0, 0.05) is 37.5 Å². The van der Waals surface area contributed by atoms with Crippen molar-refractivity contribution >= 4 is 23.4 Å². The van der Waals surface area contributed by atoms with Gasteiger partial charge in [0.1, 0.15) is 0 Å². The van der Waals surface area contributed by atoms with Gasteiger partial charge < -0.3 is 14.4 Å². The van der Waals surface area contributed by atoms with Crippen LogP contribution < -0.4 is 19.3 Å². The number of carbonyl (C=O) groups is 2. The molecule has 0 unspecified atom stereocenters. The monoisotopic (exact) mass is 461 g/mol. The summed E-state index contributed by atoms with van der Waals surface area (Å²) in [6.45, 7) is 5.53. The predicted molar refractivity (Wildman–Crippen MR) is 127 cm³/mol. The molecule has 0 N–H and O–H groups in total. The van der Waals surface area contributed by atoms with E-state index in [4.69, 9.17) is 9.47 Å². The highest BCUT2D eigenvalue weighted by Gasteiger charge is 2.35. The highest BCUT2D eigenvalue weighted by Crippen LogP contribution is 2.41. The van der Waals surface area contributed by atoms with Gasteiger partial charge in [0.25, 0.3) is 0 Å². The molecular formula is C25H27N5O4. The summed E-state index contributed by atoms with van der Waals surface area (Å²) in [6.07, 6.45) is 7.18. The summed E-state index contributed by atoms with van der Waals surface area (Å²) in [4.78, 5) is 33.3. The lowest BCUT2D eigenvalue weighted by Crippen LogP contribution is -2.52. The molecule has 176 valence electrons. The summed E-state index contributed by atoms with van der Waals surface area (Å²) in [7, 11) is 1.51. The number of benzene rings is 1. The van der Waals surface area contributed by atoms with Crippen molar-refractivity contribution in [3.8, 4) is 22.6 Å². The van der Waals surface area contributed by atoms with Gasteiger partial charge in [-0.2, -0.15) is 5.10 Å². The second-order valence-corrected chi connectivity index (χ2v) is 8.79. The Morgan fingerprint density at radius 3 is 2.62 bits per heavy atom. The zero-order valence-electron chi connectivity index (χ0n) is 19.7. The van der Waals surface area contributed by atoms with E-state index in [1.807, 2.05) is 42.2 Å². The van der Waals surface area contributed by atoms with Crippen LogP contribution in [0.1, 0.15) is 38.4 Å². The lowest BCUT2D eigenvalue weighted by molar-refractivity contribution is -0.117. The van der Waals surface area contributed by atoms with E-state index in [0.29, 0.717) is 41.2 Å². The van der Waals surface area contributed by atoms with Crippen molar-refractivity contribution in [1.82, 2.24) is 14.8 Å². The van der Waals surface area contributed by atoms with E-state index in [1.54, 1.807) is 29.0 Å². The fourth-order valence-electron chi connectivity index (χ4n) is 4.49. The quantitative estimate of drug-likeness (QED) is 0.574. The summed E-state index contributed by atoms with van der Waals surface area (Å²) >= 11 is 0. The molecule has 2 aromatic heterocycles. The standard InChI is InChI=1S/C25H27N5O4/c1-15-13-28(25(32)34-23-9-10-26-16(2)24(23)33-4)22-11-18(5-8-21(22)30(15)17(3)31)19-12-27-29(14-19)20-6-7-20/h5,8-12,14-15,20H,6-7,13H2,1-4H3/t15-/m0/s1. The normalized spacial score (nSPS) is 17.4. The van der Waals surface area contributed by atoms with Crippen LogP contribution in [-0.4, -0.2) is 46.5 Å². The van der Waals surface area contributed by atoms with E-state index in [1.165, 1.54) is 14.0 Å². The smallest absolute Gasteiger partial charge is 0.420 e. The lowest BCUT2D eigenvalue weighted by Gasteiger charge is -2.40. The number of nitrogens with zero attached hydrogens (tertiary/aromatic N) is 5. The number of ether oxygens (including phenoxy) is 2. The summed E-state index contributed by atoms with van der Waals surface area (Å²) in [6, 6.07) is 7.62. The van der Waals surface area contributed by atoms with Gasteiger partial charge >= 0.3 is 6.09 Å². The van der Waals surface area contributed by atoms with E-state index in [-0.39, 0.29) is 11.9 Å². The Morgan fingerprint density at radius 2 is 1.91 bits per heavy atom. The first kappa shape index (κ1) is 21.9. The maximum Gasteiger partial charge on any atom is 0.420 e. The number of hydrogen-bond donors (Lipinski definition) is 0. The number of pyridine rings is 1. The molecule has 0 spiro atoms. The molecule has 0 bridgehead atoms. The summed E-state index contributed by atoms with van der Waals surface area (Å²) < 4.78 is 13.1. The van der Waals surface area contributed by atoms with Crippen molar-refractivity contribution < 1.29 is 19.1 Å². The van der Waals surface area contributed by atoms with Crippen molar-refractivity contribution in [3.63, 3.8) is 0 Å². The molecule has 1 saturated carbocycles. The second-order valence-electron chi connectivity index (χ2n) is 8.79. The van der Waals surface area contributed by atoms with E-state index in [0.717, 1.165) is 24.0 Å². The average molecular weight is 462 g/mol. The molecule has 0 radical (unpaired) electrons. The van der Waals surface area contributed by atoms with Crippen LogP contribution in [0.4, 0.5) is 16.2 Å². The third kappa shape index (κ3) is 3.87. The van der Waals surface area contributed by atoms with Crippen molar-refractivity contribution in [2.75, 3.05) is 23.5 Å². The summed E-state index contributed by atoms with van der Waals surface area (Å²) in [5.41, 5.74) is 3.78. The Balaban J connectivity index is 1.53. The van der Waals surface area contributed by atoms with Crippen LogP contribution >= 0.6 is 0 Å². The van der Waals surface area contributed by atoms with Crippen LogP contribution in [0.15, 0.2) is 42.9 Å². The molecule has 3 aromatic rings. The number of fused-ring (bicyclic) bond motifs is 1. The van der Waals surface area contributed by atoms with E-state index in [2.05, 4.69) is 10.1 Å². The number of aromatic nitrogens is 3. The number of aryl methyl sites for hydroxylation is 1. The van der Waals surface area contributed by atoms with Gasteiger partial charge in [-0.1, -0.05) is 6.07 Å². The SMILES string of the molecule is COc1c(OC(=O)N2C[C@H](C)N(C(C)=O)c3ccc(-c4cnn(C5CC5)c4)cc32)ccnc1C. The highest BCUT2D eigenvalue weighted by atomic mass is 16.6. The van der Waals surface area contributed by atoms with Crippen molar-refractivity contribution in [2.24, 2.45) is 0 Å². The number of amides is 2. The van der Waals surface area contributed by atoms with Crippen LogP contribution in [0.2, 0.25) is 0 Å². The number of rotatable bonds is 4. The fraction of sp³-hybridized carbons (Fsp3) is 0.360. The first-order valence-corrected chi connectivity index (χ1v) is 11.3. The Labute approximate surface area is 197 Å². The van der Waals surface area contributed by atoms with Crippen LogP contribution in [0, 0.1) is 6.92 Å². The average Bonchev–Trinajstić information content (AvgIpc) is 3.54. The Kier molecular flexibility index (Phi) is 5.47. The second kappa shape index (κ2) is 8.48. The van der Waals surface area contributed by atoms with Gasteiger partial charge in [0.05, 0.1) is 42.5 Å². The fourth-order valence-corrected chi connectivity index (χ4v) is 4.49.